The Morgan fingerprint density at radius 3 is 2.30 bits per heavy atom. The predicted molar refractivity (Wildman–Crippen MR) is 92.3 cm³/mol. The lowest BCUT2D eigenvalue weighted by molar-refractivity contribution is -0.136. The Kier molecular flexibility index (Phi) is 4.31. The molecular weight excluding hydrogens is 286 g/mol. The van der Waals surface area contributed by atoms with Crippen LogP contribution in [0.25, 0.3) is 0 Å². The molecule has 1 aromatic carbocycles. The van der Waals surface area contributed by atoms with Crippen LogP contribution in [0.3, 0.4) is 0 Å². The Balaban J connectivity index is 1.74. The third kappa shape index (κ3) is 3.34. The molecule has 0 spiro atoms. The van der Waals surface area contributed by atoms with Crippen molar-refractivity contribution in [2.24, 2.45) is 17.8 Å². The Morgan fingerprint density at radius 1 is 1.09 bits per heavy atom. The zero-order chi connectivity index (χ0) is 16.6. The lowest BCUT2D eigenvalue weighted by Crippen LogP contribution is -2.40. The molecule has 3 nitrogen and oxygen atoms in total. The summed E-state index contributed by atoms with van der Waals surface area (Å²) in [5, 5.41) is 3.14. The van der Waals surface area contributed by atoms with Crippen LogP contribution in [-0.4, -0.2) is 11.7 Å². The van der Waals surface area contributed by atoms with Gasteiger partial charge in [-0.05, 0) is 42.7 Å². The van der Waals surface area contributed by atoms with Gasteiger partial charge in [0.15, 0.2) is 0 Å². The summed E-state index contributed by atoms with van der Waals surface area (Å²) in [7, 11) is 0. The second kappa shape index (κ2) is 6.10. The maximum absolute atomic E-state index is 12.8. The monoisotopic (exact) mass is 313 g/mol. The molecule has 0 heterocycles. The number of fused-ring (bicyclic) bond motifs is 2. The summed E-state index contributed by atoms with van der Waals surface area (Å²) in [6.07, 6.45) is 4.55. The summed E-state index contributed by atoms with van der Waals surface area (Å²) in [6.45, 7) is 6.46. The highest BCUT2D eigenvalue weighted by Gasteiger charge is 2.41. The first kappa shape index (κ1) is 16.2. The van der Waals surface area contributed by atoms with E-state index in [0.29, 0.717) is 5.78 Å². The van der Waals surface area contributed by atoms with Crippen LogP contribution >= 0.6 is 0 Å². The number of ketones is 1. The molecule has 3 atom stereocenters. The molecule has 1 amide bonds. The predicted octanol–water partition coefficient (Wildman–Crippen LogP) is 4.32. The number of hydrogen-bond donors (Lipinski definition) is 1. The second-order valence-electron chi connectivity index (χ2n) is 8.18. The number of carbonyl (C=O) groups excluding carboxylic acids is 2. The molecule has 2 bridgehead atoms. The smallest absolute Gasteiger partial charge is 0.227 e. The van der Waals surface area contributed by atoms with E-state index in [1.165, 1.54) is 0 Å². The molecule has 3 heteroatoms. The van der Waals surface area contributed by atoms with E-state index in [0.717, 1.165) is 43.4 Å². The Morgan fingerprint density at radius 2 is 1.70 bits per heavy atom. The number of hydrogen-bond acceptors (Lipinski definition) is 2. The van der Waals surface area contributed by atoms with E-state index in [-0.39, 0.29) is 29.1 Å². The summed E-state index contributed by atoms with van der Waals surface area (Å²) in [5.74, 6) is 0.727. The molecule has 0 saturated heterocycles. The maximum atomic E-state index is 12.8. The molecule has 2 aliphatic carbocycles. The van der Waals surface area contributed by atoms with Crippen LogP contribution in [-0.2, 0) is 15.0 Å². The Bertz CT molecular complexity index is 598. The largest absolute Gasteiger partial charge is 0.326 e. The number of carbonyl (C=O) groups is 2. The number of nitrogens with one attached hydrogen (secondary N) is 1. The lowest BCUT2D eigenvalue weighted by atomic mass is 9.67. The van der Waals surface area contributed by atoms with E-state index < -0.39 is 0 Å². The lowest BCUT2D eigenvalue weighted by Gasteiger charge is -2.37. The van der Waals surface area contributed by atoms with Crippen molar-refractivity contribution in [1.29, 1.82) is 0 Å². The fourth-order valence-electron chi connectivity index (χ4n) is 4.17. The van der Waals surface area contributed by atoms with E-state index in [1.54, 1.807) is 0 Å². The van der Waals surface area contributed by atoms with Gasteiger partial charge in [-0.2, -0.15) is 0 Å². The van der Waals surface area contributed by atoms with Gasteiger partial charge in [0.1, 0.15) is 5.78 Å². The van der Waals surface area contributed by atoms with Crippen molar-refractivity contribution in [3.63, 3.8) is 0 Å². The van der Waals surface area contributed by atoms with Crippen LogP contribution < -0.4 is 5.32 Å². The second-order valence-corrected chi connectivity index (χ2v) is 8.18. The van der Waals surface area contributed by atoms with E-state index in [4.69, 9.17) is 0 Å². The van der Waals surface area contributed by atoms with Gasteiger partial charge in [0.25, 0.3) is 0 Å². The van der Waals surface area contributed by atoms with Crippen LogP contribution in [0.15, 0.2) is 24.3 Å². The first-order valence-corrected chi connectivity index (χ1v) is 8.80. The quantitative estimate of drug-likeness (QED) is 0.884. The van der Waals surface area contributed by atoms with Gasteiger partial charge >= 0.3 is 0 Å². The van der Waals surface area contributed by atoms with Gasteiger partial charge in [-0.1, -0.05) is 45.4 Å². The Hall–Kier alpha value is -1.64. The highest BCUT2D eigenvalue weighted by Crippen LogP contribution is 2.40. The molecule has 2 fully saturated rings. The van der Waals surface area contributed by atoms with Crippen LogP contribution in [0, 0.1) is 17.8 Å². The minimum atomic E-state index is -0.0176. The fourth-order valence-corrected chi connectivity index (χ4v) is 4.17. The van der Waals surface area contributed by atoms with E-state index in [9.17, 15) is 9.59 Å². The van der Waals surface area contributed by atoms with E-state index in [2.05, 4.69) is 32.2 Å². The van der Waals surface area contributed by atoms with Gasteiger partial charge in [0.2, 0.25) is 5.91 Å². The van der Waals surface area contributed by atoms with Crippen LogP contribution in [0.5, 0.6) is 0 Å². The zero-order valence-corrected chi connectivity index (χ0v) is 14.4. The molecule has 124 valence electrons. The van der Waals surface area contributed by atoms with Gasteiger partial charge in [-0.15, -0.1) is 0 Å². The third-order valence-electron chi connectivity index (χ3n) is 5.41. The number of anilines is 1. The van der Waals surface area contributed by atoms with Crippen LogP contribution in [0.1, 0.15) is 58.4 Å². The standard InChI is InChI=1S/C20H27NO2/c1-20(2,3)16-9-4-5-10-17(16)21-19(23)15-11-13-7-6-8-14(12-15)18(13)22/h4-5,9-10,13-15H,6-8,11-12H2,1-3H3,(H,21,23)/t13-,14+,15?. The molecule has 3 rings (SSSR count). The van der Waals surface area contributed by atoms with E-state index in [1.807, 2.05) is 18.2 Å². The number of para-hydroxylation sites is 1. The fraction of sp³-hybridized carbons (Fsp3) is 0.600. The first-order chi connectivity index (χ1) is 10.9. The molecule has 1 unspecified atom stereocenters. The molecule has 2 saturated carbocycles. The summed E-state index contributed by atoms with van der Waals surface area (Å²) >= 11 is 0. The molecule has 0 aliphatic heterocycles. The van der Waals surface area contributed by atoms with Crippen LogP contribution in [0.4, 0.5) is 5.69 Å². The summed E-state index contributed by atoms with van der Waals surface area (Å²) in [4.78, 5) is 25.0. The highest BCUT2D eigenvalue weighted by molar-refractivity contribution is 5.95. The minimum Gasteiger partial charge on any atom is -0.326 e. The molecule has 23 heavy (non-hydrogen) atoms. The molecule has 0 radical (unpaired) electrons. The van der Waals surface area contributed by atoms with Gasteiger partial charge in [-0.3, -0.25) is 9.59 Å². The molecular formula is C20H27NO2. The van der Waals surface area contributed by atoms with Crippen LogP contribution in [0.2, 0.25) is 0 Å². The molecule has 1 N–H and O–H groups in total. The summed E-state index contributed by atoms with van der Waals surface area (Å²) in [6, 6.07) is 8.03. The molecule has 1 aromatic rings. The normalized spacial score (nSPS) is 27.6. The topological polar surface area (TPSA) is 46.2 Å². The summed E-state index contributed by atoms with van der Waals surface area (Å²) in [5.41, 5.74) is 2.05. The van der Waals surface area contributed by atoms with Gasteiger partial charge < -0.3 is 5.32 Å². The molecule has 2 aliphatic rings. The van der Waals surface area contributed by atoms with Crippen molar-refractivity contribution in [2.75, 3.05) is 5.32 Å². The number of amides is 1. The van der Waals surface area contributed by atoms with Crippen molar-refractivity contribution in [3.8, 4) is 0 Å². The van der Waals surface area contributed by atoms with Crippen molar-refractivity contribution in [3.05, 3.63) is 29.8 Å². The SMILES string of the molecule is CC(C)(C)c1ccccc1NC(=O)C1C[C@H]2CCC[C@@H](C1)C2=O. The summed E-state index contributed by atoms with van der Waals surface area (Å²) < 4.78 is 0. The van der Waals surface area contributed by atoms with Crippen molar-refractivity contribution in [1.82, 2.24) is 0 Å². The first-order valence-electron chi connectivity index (χ1n) is 8.80. The molecule has 0 aromatic heterocycles. The van der Waals surface area contributed by atoms with Crippen molar-refractivity contribution < 1.29 is 9.59 Å². The van der Waals surface area contributed by atoms with Gasteiger partial charge in [-0.25, -0.2) is 0 Å². The van der Waals surface area contributed by atoms with Gasteiger partial charge in [0.05, 0.1) is 0 Å². The highest BCUT2D eigenvalue weighted by atomic mass is 16.2. The average Bonchev–Trinajstić information content (AvgIpc) is 2.46. The maximum Gasteiger partial charge on any atom is 0.227 e. The van der Waals surface area contributed by atoms with Crippen molar-refractivity contribution >= 4 is 17.4 Å². The Labute approximate surface area is 138 Å². The van der Waals surface area contributed by atoms with Crippen molar-refractivity contribution in [2.45, 2.75) is 58.3 Å². The number of benzene rings is 1. The number of Topliss-reactive ketones (excluding diaryl/α,β-unsaturated/α-hetero) is 1. The number of rotatable bonds is 2. The van der Waals surface area contributed by atoms with E-state index >= 15 is 0 Å². The third-order valence-corrected chi connectivity index (χ3v) is 5.41. The average molecular weight is 313 g/mol. The minimum absolute atomic E-state index is 0.0110. The van der Waals surface area contributed by atoms with Gasteiger partial charge in [0, 0.05) is 23.4 Å². The zero-order valence-electron chi connectivity index (χ0n) is 14.4.